The van der Waals surface area contributed by atoms with E-state index in [9.17, 15) is 9.59 Å². The second-order valence-corrected chi connectivity index (χ2v) is 9.67. The molecule has 2 heterocycles. The van der Waals surface area contributed by atoms with Gasteiger partial charge in [0.05, 0.1) is 25.6 Å². The summed E-state index contributed by atoms with van der Waals surface area (Å²) in [4.78, 5) is 24.2. The van der Waals surface area contributed by atoms with Crippen molar-refractivity contribution in [3.05, 3.63) is 12.2 Å². The molecule has 0 amide bonds. The van der Waals surface area contributed by atoms with Gasteiger partial charge in [0.2, 0.25) is 0 Å². The zero-order chi connectivity index (χ0) is 21.7. The molecule has 170 valence electrons. The van der Waals surface area contributed by atoms with Crippen LogP contribution in [0.2, 0.25) is 0 Å². The first-order valence-corrected chi connectivity index (χ1v) is 11.6. The average molecular weight is 423 g/mol. The van der Waals surface area contributed by atoms with E-state index in [0.29, 0.717) is 12.8 Å². The summed E-state index contributed by atoms with van der Waals surface area (Å²) in [6, 6.07) is 0. The van der Waals surface area contributed by atoms with Crippen LogP contribution in [0.25, 0.3) is 0 Å². The van der Waals surface area contributed by atoms with Crippen molar-refractivity contribution in [1.82, 2.24) is 0 Å². The van der Waals surface area contributed by atoms with Crippen LogP contribution in [0.15, 0.2) is 12.2 Å². The van der Waals surface area contributed by atoms with Crippen LogP contribution in [0.5, 0.6) is 0 Å². The van der Waals surface area contributed by atoms with Crippen LogP contribution in [-0.2, 0) is 28.5 Å². The molecule has 6 unspecified atom stereocenters. The maximum atomic E-state index is 12.4. The maximum Gasteiger partial charge on any atom is 0.309 e. The summed E-state index contributed by atoms with van der Waals surface area (Å²) < 4.78 is 22.8. The van der Waals surface area contributed by atoms with Crippen LogP contribution >= 0.6 is 0 Å². The Hall–Kier alpha value is -1.40. The quantitative estimate of drug-likeness (QED) is 0.405. The third-order valence-electron chi connectivity index (χ3n) is 7.00. The molecule has 6 atom stereocenters. The molecule has 0 aromatic rings. The van der Waals surface area contributed by atoms with Crippen molar-refractivity contribution in [2.75, 3.05) is 13.7 Å². The van der Waals surface area contributed by atoms with Crippen LogP contribution in [0, 0.1) is 23.2 Å². The molecule has 1 saturated carbocycles. The first kappa shape index (κ1) is 23.3. The molecule has 0 radical (unpaired) electrons. The molecule has 30 heavy (non-hydrogen) atoms. The monoisotopic (exact) mass is 422 g/mol. The van der Waals surface area contributed by atoms with E-state index < -0.39 is 0 Å². The Morgan fingerprint density at radius 2 is 2.13 bits per heavy atom. The van der Waals surface area contributed by atoms with Crippen molar-refractivity contribution in [2.24, 2.45) is 23.2 Å². The lowest BCUT2D eigenvalue weighted by atomic mass is 9.79. The molecular weight excluding hydrogens is 384 g/mol. The van der Waals surface area contributed by atoms with Crippen molar-refractivity contribution in [3.63, 3.8) is 0 Å². The minimum absolute atomic E-state index is 0.0307. The van der Waals surface area contributed by atoms with Crippen LogP contribution < -0.4 is 0 Å². The van der Waals surface area contributed by atoms with E-state index in [1.54, 1.807) is 0 Å². The minimum Gasteiger partial charge on any atom is -0.469 e. The predicted molar refractivity (Wildman–Crippen MR) is 113 cm³/mol. The summed E-state index contributed by atoms with van der Waals surface area (Å²) in [5.41, 5.74) is -0.0614. The first-order chi connectivity index (χ1) is 14.4. The molecule has 0 aromatic carbocycles. The number of ether oxygens (including phenoxy) is 4. The zero-order valence-electron chi connectivity index (χ0n) is 18.9. The SMILES string of the molecule is CCCCC(C)(C)C(C=CC1C(C(=O)OC)CC2OC(=O)CC21)OC1CCCCO1. The molecule has 6 nitrogen and oxygen atoms in total. The number of esters is 2. The molecule has 0 N–H and O–H groups in total. The average Bonchev–Trinajstić information content (AvgIpc) is 3.25. The number of carbonyl (C=O) groups is 2. The highest BCUT2D eigenvalue weighted by molar-refractivity contribution is 5.76. The molecule has 1 aliphatic carbocycles. The van der Waals surface area contributed by atoms with Gasteiger partial charge >= 0.3 is 11.9 Å². The Bertz CT molecular complexity index is 621. The van der Waals surface area contributed by atoms with Gasteiger partial charge in [-0.05, 0) is 43.4 Å². The summed E-state index contributed by atoms with van der Waals surface area (Å²) in [5.74, 6) is -0.719. The Morgan fingerprint density at radius 3 is 2.80 bits per heavy atom. The number of hydrogen-bond donors (Lipinski definition) is 0. The van der Waals surface area contributed by atoms with E-state index >= 15 is 0 Å². The molecule has 3 fully saturated rings. The van der Waals surface area contributed by atoms with Gasteiger partial charge in [0.1, 0.15) is 6.10 Å². The lowest BCUT2D eigenvalue weighted by Gasteiger charge is -2.36. The second kappa shape index (κ2) is 10.3. The standard InChI is InChI=1S/C24H38O6/c1-5-6-12-24(2,3)20(30-22-9-7-8-13-28-22)11-10-16-17-15-21(25)29-19(17)14-18(16)23(26)27-4/h10-11,16-20,22H,5-9,12-15H2,1-4H3. The van der Waals surface area contributed by atoms with Crippen LogP contribution in [0.3, 0.4) is 0 Å². The van der Waals surface area contributed by atoms with Gasteiger partial charge in [0.15, 0.2) is 6.29 Å². The molecule has 2 aliphatic heterocycles. The number of rotatable bonds is 9. The van der Waals surface area contributed by atoms with Gasteiger partial charge < -0.3 is 18.9 Å². The normalized spacial score (nSPS) is 32.8. The third kappa shape index (κ3) is 5.44. The van der Waals surface area contributed by atoms with Gasteiger partial charge in [0.25, 0.3) is 0 Å². The maximum absolute atomic E-state index is 12.4. The van der Waals surface area contributed by atoms with E-state index in [4.69, 9.17) is 18.9 Å². The summed E-state index contributed by atoms with van der Waals surface area (Å²) in [5, 5.41) is 0. The van der Waals surface area contributed by atoms with Crippen molar-refractivity contribution < 1.29 is 28.5 Å². The molecule has 3 rings (SSSR count). The molecule has 0 spiro atoms. The number of methoxy groups -OCH3 is 1. The number of carbonyl (C=O) groups excluding carboxylic acids is 2. The van der Waals surface area contributed by atoms with Gasteiger partial charge in [-0.15, -0.1) is 0 Å². The van der Waals surface area contributed by atoms with E-state index in [1.165, 1.54) is 7.11 Å². The van der Waals surface area contributed by atoms with Gasteiger partial charge in [-0.25, -0.2) is 0 Å². The lowest BCUT2D eigenvalue weighted by molar-refractivity contribution is -0.197. The van der Waals surface area contributed by atoms with Gasteiger partial charge in [-0.1, -0.05) is 45.8 Å². The Labute approximate surface area is 180 Å². The number of allylic oxidation sites excluding steroid dienone is 1. The smallest absolute Gasteiger partial charge is 0.309 e. The summed E-state index contributed by atoms with van der Waals surface area (Å²) >= 11 is 0. The fraction of sp³-hybridized carbons (Fsp3) is 0.833. The van der Waals surface area contributed by atoms with E-state index in [-0.39, 0.29) is 53.6 Å². The highest BCUT2D eigenvalue weighted by atomic mass is 16.7. The fourth-order valence-electron chi connectivity index (χ4n) is 5.10. The fourth-order valence-corrected chi connectivity index (χ4v) is 5.10. The molecular formula is C24H38O6. The lowest BCUT2D eigenvalue weighted by Crippen LogP contribution is -2.36. The van der Waals surface area contributed by atoms with Crippen molar-refractivity contribution in [3.8, 4) is 0 Å². The van der Waals surface area contributed by atoms with Gasteiger partial charge in [-0.3, -0.25) is 9.59 Å². The third-order valence-corrected chi connectivity index (χ3v) is 7.00. The van der Waals surface area contributed by atoms with Crippen molar-refractivity contribution in [2.45, 2.75) is 90.6 Å². The molecule has 0 bridgehead atoms. The molecule has 6 heteroatoms. The molecule has 2 saturated heterocycles. The highest BCUT2D eigenvalue weighted by Crippen LogP contribution is 2.46. The van der Waals surface area contributed by atoms with E-state index in [2.05, 4.69) is 32.9 Å². The summed E-state index contributed by atoms with van der Waals surface area (Å²) in [7, 11) is 1.42. The van der Waals surface area contributed by atoms with Crippen molar-refractivity contribution in [1.29, 1.82) is 0 Å². The Kier molecular flexibility index (Phi) is 7.97. The van der Waals surface area contributed by atoms with Crippen LogP contribution in [-0.4, -0.2) is 44.2 Å². The Morgan fingerprint density at radius 1 is 1.33 bits per heavy atom. The highest BCUT2D eigenvalue weighted by Gasteiger charge is 2.52. The van der Waals surface area contributed by atoms with Crippen LogP contribution in [0.4, 0.5) is 0 Å². The number of fused-ring (bicyclic) bond motifs is 1. The minimum atomic E-state index is -0.278. The van der Waals surface area contributed by atoms with Crippen LogP contribution in [0.1, 0.15) is 72.1 Å². The van der Waals surface area contributed by atoms with E-state index in [1.807, 2.05) is 0 Å². The van der Waals surface area contributed by atoms with Gasteiger partial charge in [-0.2, -0.15) is 0 Å². The van der Waals surface area contributed by atoms with Gasteiger partial charge in [0, 0.05) is 12.5 Å². The van der Waals surface area contributed by atoms with Crippen molar-refractivity contribution >= 4 is 11.9 Å². The Balaban J connectivity index is 1.79. The summed E-state index contributed by atoms with van der Waals surface area (Å²) in [6.07, 6.45) is 11.0. The number of hydrogen-bond acceptors (Lipinski definition) is 6. The first-order valence-electron chi connectivity index (χ1n) is 11.6. The zero-order valence-corrected chi connectivity index (χ0v) is 18.9. The predicted octanol–water partition coefficient (Wildman–Crippen LogP) is 4.41. The molecule has 0 aromatic heterocycles. The second-order valence-electron chi connectivity index (χ2n) is 9.67. The summed E-state index contributed by atoms with van der Waals surface area (Å²) in [6.45, 7) is 7.41. The molecule has 3 aliphatic rings. The topological polar surface area (TPSA) is 71.1 Å². The number of unbranched alkanes of at least 4 members (excludes halogenated alkanes) is 1. The van der Waals surface area contributed by atoms with E-state index in [0.717, 1.165) is 45.1 Å². The largest absolute Gasteiger partial charge is 0.469 e.